The van der Waals surface area contributed by atoms with Gasteiger partial charge in [0.05, 0.1) is 12.0 Å². The summed E-state index contributed by atoms with van der Waals surface area (Å²) in [6.07, 6.45) is 0.958. The third kappa shape index (κ3) is 3.68. The van der Waals surface area contributed by atoms with Gasteiger partial charge in [0.25, 0.3) is 0 Å². The fraction of sp³-hybridized carbons (Fsp3) is 0.579. The van der Waals surface area contributed by atoms with Crippen LogP contribution in [0.3, 0.4) is 0 Å². The molecule has 1 saturated heterocycles. The van der Waals surface area contributed by atoms with Gasteiger partial charge in [-0.05, 0) is 50.7 Å². The molecule has 0 bridgehead atoms. The van der Waals surface area contributed by atoms with Crippen LogP contribution < -0.4 is 0 Å². The number of hydrogen-bond acceptors (Lipinski definition) is 3. The fourth-order valence-corrected chi connectivity index (χ4v) is 3.81. The predicted molar refractivity (Wildman–Crippen MR) is 93.5 cm³/mol. The van der Waals surface area contributed by atoms with Gasteiger partial charge in [0, 0.05) is 32.6 Å². The molecule has 0 radical (unpaired) electrons. The van der Waals surface area contributed by atoms with Crippen molar-refractivity contribution in [2.45, 2.75) is 25.8 Å². The van der Waals surface area contributed by atoms with E-state index in [1.54, 1.807) is 17.0 Å². The molecule has 2 atom stereocenters. The van der Waals surface area contributed by atoms with Crippen molar-refractivity contribution in [2.24, 2.45) is 5.92 Å². The van der Waals surface area contributed by atoms with E-state index in [4.69, 9.17) is 0 Å². The first-order valence-corrected chi connectivity index (χ1v) is 8.88. The van der Waals surface area contributed by atoms with Crippen LogP contribution in [0.5, 0.6) is 0 Å². The highest BCUT2D eigenvalue weighted by Gasteiger charge is 2.38. The first-order valence-electron chi connectivity index (χ1n) is 8.88. The molecule has 6 heteroatoms. The van der Waals surface area contributed by atoms with E-state index in [9.17, 15) is 14.0 Å². The van der Waals surface area contributed by atoms with Crippen LogP contribution in [0.2, 0.25) is 0 Å². The molecule has 2 heterocycles. The minimum atomic E-state index is -0.265. The Morgan fingerprint density at radius 1 is 1.36 bits per heavy atom. The number of carbonyl (C=O) groups is 2. The molecule has 0 spiro atoms. The molecule has 25 heavy (non-hydrogen) atoms. The Labute approximate surface area is 148 Å². The van der Waals surface area contributed by atoms with Crippen molar-refractivity contribution in [3.8, 4) is 0 Å². The third-order valence-corrected chi connectivity index (χ3v) is 5.31. The summed E-state index contributed by atoms with van der Waals surface area (Å²) >= 11 is 0. The summed E-state index contributed by atoms with van der Waals surface area (Å²) < 4.78 is 13.4. The molecule has 0 unspecified atom stereocenters. The van der Waals surface area contributed by atoms with Gasteiger partial charge in [0.1, 0.15) is 5.82 Å². The van der Waals surface area contributed by atoms with E-state index in [-0.39, 0.29) is 29.6 Å². The Kier molecular flexibility index (Phi) is 5.08. The fourth-order valence-electron chi connectivity index (χ4n) is 3.81. The minimum Gasteiger partial charge on any atom is -0.341 e. The summed E-state index contributed by atoms with van der Waals surface area (Å²) in [6.45, 7) is 4.53. The van der Waals surface area contributed by atoms with Crippen molar-refractivity contribution in [1.29, 1.82) is 0 Å². The Morgan fingerprint density at radius 3 is 2.84 bits per heavy atom. The van der Waals surface area contributed by atoms with Crippen molar-refractivity contribution in [1.82, 2.24) is 14.7 Å². The van der Waals surface area contributed by atoms with Crippen molar-refractivity contribution >= 4 is 11.8 Å². The van der Waals surface area contributed by atoms with Crippen LogP contribution in [-0.4, -0.2) is 66.8 Å². The maximum absolute atomic E-state index is 13.4. The van der Waals surface area contributed by atoms with E-state index in [0.717, 1.165) is 17.7 Å². The molecule has 2 aliphatic heterocycles. The summed E-state index contributed by atoms with van der Waals surface area (Å²) in [5.74, 6) is -0.390. The van der Waals surface area contributed by atoms with Crippen molar-refractivity contribution in [2.75, 3.05) is 40.3 Å². The van der Waals surface area contributed by atoms with Gasteiger partial charge >= 0.3 is 0 Å². The maximum atomic E-state index is 13.4. The second kappa shape index (κ2) is 7.12. The highest BCUT2D eigenvalue weighted by atomic mass is 19.1. The van der Waals surface area contributed by atoms with Crippen LogP contribution in [0.1, 0.15) is 30.5 Å². The van der Waals surface area contributed by atoms with Crippen LogP contribution in [0.25, 0.3) is 0 Å². The number of fused-ring (bicyclic) bond motifs is 1. The number of carbonyl (C=O) groups excluding carboxylic acids is 2. The summed E-state index contributed by atoms with van der Waals surface area (Å²) in [5.41, 5.74) is 1.99. The normalized spacial score (nSPS) is 23.3. The monoisotopic (exact) mass is 347 g/mol. The first kappa shape index (κ1) is 17.9. The van der Waals surface area contributed by atoms with Gasteiger partial charge in [-0.1, -0.05) is 6.07 Å². The van der Waals surface area contributed by atoms with E-state index in [1.165, 1.54) is 6.07 Å². The number of likely N-dealkylation sites (tertiary alicyclic amines) is 1. The van der Waals surface area contributed by atoms with E-state index in [2.05, 4.69) is 0 Å². The molecule has 136 valence electrons. The van der Waals surface area contributed by atoms with Crippen LogP contribution in [0.15, 0.2) is 18.2 Å². The third-order valence-electron chi connectivity index (χ3n) is 5.31. The van der Waals surface area contributed by atoms with Crippen LogP contribution >= 0.6 is 0 Å². The van der Waals surface area contributed by atoms with Crippen LogP contribution in [-0.2, 0) is 16.0 Å². The lowest BCUT2D eigenvalue weighted by Gasteiger charge is -2.36. The van der Waals surface area contributed by atoms with E-state index in [1.807, 2.05) is 30.8 Å². The highest BCUT2D eigenvalue weighted by Crippen LogP contribution is 2.32. The Hall–Kier alpha value is -1.95. The van der Waals surface area contributed by atoms with E-state index >= 15 is 0 Å². The molecule has 0 aromatic heterocycles. The SMILES string of the molecule is C[C@H]1c2ccc(F)cc2CCN1C(=O)[C@@H]1CC(=O)N(CCN(C)C)C1. The molecular weight excluding hydrogens is 321 g/mol. The molecule has 3 rings (SSSR count). The second-order valence-corrected chi connectivity index (χ2v) is 7.34. The second-order valence-electron chi connectivity index (χ2n) is 7.34. The van der Waals surface area contributed by atoms with Gasteiger partial charge in [-0.25, -0.2) is 4.39 Å². The molecule has 1 aromatic rings. The molecule has 2 amide bonds. The summed E-state index contributed by atoms with van der Waals surface area (Å²) in [4.78, 5) is 30.9. The van der Waals surface area contributed by atoms with Crippen LogP contribution in [0, 0.1) is 11.7 Å². The lowest BCUT2D eigenvalue weighted by Crippen LogP contribution is -2.43. The summed E-state index contributed by atoms with van der Waals surface area (Å²) in [5, 5.41) is 0. The molecule has 0 saturated carbocycles. The lowest BCUT2D eigenvalue weighted by atomic mass is 9.92. The topological polar surface area (TPSA) is 43.9 Å². The number of halogens is 1. The largest absolute Gasteiger partial charge is 0.341 e. The average Bonchev–Trinajstić information content (AvgIpc) is 2.93. The number of rotatable bonds is 4. The number of amides is 2. The van der Waals surface area contributed by atoms with Gasteiger partial charge in [0.2, 0.25) is 11.8 Å². The Morgan fingerprint density at radius 2 is 2.12 bits per heavy atom. The van der Waals surface area contributed by atoms with Gasteiger partial charge in [-0.3, -0.25) is 9.59 Å². The molecule has 1 aromatic carbocycles. The average molecular weight is 347 g/mol. The number of benzene rings is 1. The highest BCUT2D eigenvalue weighted by molar-refractivity contribution is 5.89. The summed E-state index contributed by atoms with van der Waals surface area (Å²) in [6, 6.07) is 4.71. The molecule has 5 nitrogen and oxygen atoms in total. The molecule has 0 N–H and O–H groups in total. The molecule has 0 aliphatic carbocycles. The van der Waals surface area contributed by atoms with Gasteiger partial charge in [-0.2, -0.15) is 0 Å². The van der Waals surface area contributed by atoms with Crippen molar-refractivity contribution in [3.05, 3.63) is 35.1 Å². The zero-order chi connectivity index (χ0) is 18.1. The number of nitrogens with zero attached hydrogens (tertiary/aromatic N) is 3. The molecule has 2 aliphatic rings. The Bertz CT molecular complexity index is 677. The van der Waals surface area contributed by atoms with Gasteiger partial charge in [-0.15, -0.1) is 0 Å². The van der Waals surface area contributed by atoms with Gasteiger partial charge < -0.3 is 14.7 Å². The first-order chi connectivity index (χ1) is 11.9. The maximum Gasteiger partial charge on any atom is 0.228 e. The van der Waals surface area contributed by atoms with E-state index in [0.29, 0.717) is 32.5 Å². The Balaban J connectivity index is 1.68. The smallest absolute Gasteiger partial charge is 0.228 e. The lowest BCUT2D eigenvalue weighted by molar-refractivity contribution is -0.138. The number of likely N-dealkylation sites (N-methyl/N-ethyl adjacent to an activating group) is 1. The predicted octanol–water partition coefficient (Wildman–Crippen LogP) is 1.68. The van der Waals surface area contributed by atoms with E-state index < -0.39 is 0 Å². The zero-order valence-electron chi connectivity index (χ0n) is 15.2. The van der Waals surface area contributed by atoms with Gasteiger partial charge in [0.15, 0.2) is 0 Å². The van der Waals surface area contributed by atoms with Crippen molar-refractivity contribution in [3.63, 3.8) is 0 Å². The van der Waals surface area contributed by atoms with Crippen LogP contribution in [0.4, 0.5) is 4.39 Å². The minimum absolute atomic E-state index is 0.0446. The number of hydrogen-bond donors (Lipinski definition) is 0. The molecular formula is C19H26FN3O2. The molecule has 1 fully saturated rings. The summed E-state index contributed by atoms with van der Waals surface area (Å²) in [7, 11) is 3.94. The zero-order valence-corrected chi connectivity index (χ0v) is 15.2. The quantitative estimate of drug-likeness (QED) is 0.832. The standard InChI is InChI=1S/C19H26FN3O2/c1-13-17-5-4-16(20)10-14(17)6-7-23(13)19(25)15-11-18(24)22(12-15)9-8-21(2)3/h4-5,10,13,15H,6-9,11-12H2,1-3H3/t13-,15+/m0/s1. The van der Waals surface area contributed by atoms with Crippen molar-refractivity contribution < 1.29 is 14.0 Å².